The number of fused-ring (bicyclic) bond motifs is 4. The summed E-state index contributed by atoms with van der Waals surface area (Å²) in [5, 5.41) is 10.8. The molecule has 1 aromatic carbocycles. The number of benzene rings is 1. The van der Waals surface area contributed by atoms with E-state index < -0.39 is 0 Å². The number of nitrogens with zero attached hydrogens (tertiary/aromatic N) is 5. The molecule has 0 aliphatic carbocycles. The smallest absolute Gasteiger partial charge is 0.196 e. The van der Waals surface area contributed by atoms with Crippen LogP contribution in [0.5, 0.6) is 5.75 Å². The van der Waals surface area contributed by atoms with Crippen LogP contribution in [-0.4, -0.2) is 31.1 Å². The van der Waals surface area contributed by atoms with Crippen molar-refractivity contribution in [1.29, 1.82) is 0 Å². The molecule has 0 bridgehead atoms. The minimum Gasteiger partial charge on any atom is -0.497 e. The highest BCUT2D eigenvalue weighted by Crippen LogP contribution is 2.29. The molecule has 0 spiro atoms. The van der Waals surface area contributed by atoms with Gasteiger partial charge < -0.3 is 9.14 Å². The normalized spacial score (nSPS) is 11.7. The summed E-state index contributed by atoms with van der Waals surface area (Å²) in [5.74, 6) is 1.54. The number of thioether (sulfide) groups is 1. The van der Waals surface area contributed by atoms with E-state index in [0.29, 0.717) is 0 Å². The number of hydrogen-bond acceptors (Lipinski definition) is 5. The molecule has 6 nitrogen and oxygen atoms in total. The van der Waals surface area contributed by atoms with Gasteiger partial charge in [0.2, 0.25) is 0 Å². The molecule has 0 saturated heterocycles. The molecule has 5 rings (SSSR count). The molecule has 0 saturated carbocycles. The van der Waals surface area contributed by atoms with Crippen LogP contribution < -0.4 is 4.74 Å². The largest absolute Gasteiger partial charge is 0.497 e. The van der Waals surface area contributed by atoms with Crippen molar-refractivity contribution in [3.63, 3.8) is 0 Å². The Bertz CT molecular complexity index is 1340. The third kappa shape index (κ3) is 2.70. The fourth-order valence-electron chi connectivity index (χ4n) is 3.54. The summed E-state index contributed by atoms with van der Waals surface area (Å²) in [6.45, 7) is 4.17. The summed E-state index contributed by atoms with van der Waals surface area (Å²) in [5.41, 5.74) is 6.24. The Morgan fingerprint density at radius 2 is 1.96 bits per heavy atom. The van der Waals surface area contributed by atoms with Crippen molar-refractivity contribution in [3.05, 3.63) is 65.6 Å². The van der Waals surface area contributed by atoms with E-state index in [0.717, 1.165) is 39.2 Å². The standard InChI is InChI=1S/C21H19N5OS/c1-13-5-4-8-25-11-15(22-20(13)25)12-28-21-24-23-19-9-14(2)17-7-6-16(27-3)10-18(17)26(19)21/h4-11H,12H2,1-3H3. The highest BCUT2D eigenvalue weighted by molar-refractivity contribution is 7.98. The van der Waals surface area contributed by atoms with Gasteiger partial charge in [0.15, 0.2) is 10.8 Å². The van der Waals surface area contributed by atoms with E-state index in [2.05, 4.69) is 57.2 Å². The summed E-state index contributed by atoms with van der Waals surface area (Å²) in [4.78, 5) is 4.76. The first-order valence-electron chi connectivity index (χ1n) is 9.02. The lowest BCUT2D eigenvalue weighted by Gasteiger charge is -2.09. The van der Waals surface area contributed by atoms with Gasteiger partial charge in [0.25, 0.3) is 0 Å². The second kappa shape index (κ2) is 6.53. The molecule has 4 heterocycles. The van der Waals surface area contributed by atoms with Gasteiger partial charge in [-0.25, -0.2) is 4.98 Å². The Kier molecular flexibility index (Phi) is 3.98. The maximum atomic E-state index is 5.43. The van der Waals surface area contributed by atoms with Gasteiger partial charge >= 0.3 is 0 Å². The second-order valence-electron chi connectivity index (χ2n) is 6.83. The van der Waals surface area contributed by atoms with Crippen LogP contribution in [0.1, 0.15) is 16.8 Å². The number of methoxy groups -OCH3 is 1. The topological polar surface area (TPSA) is 56.7 Å². The van der Waals surface area contributed by atoms with Gasteiger partial charge in [-0.2, -0.15) is 0 Å². The van der Waals surface area contributed by atoms with Crippen molar-refractivity contribution in [1.82, 2.24) is 24.0 Å². The molecule has 0 amide bonds. The van der Waals surface area contributed by atoms with Crippen LogP contribution in [0, 0.1) is 13.8 Å². The Morgan fingerprint density at radius 3 is 2.79 bits per heavy atom. The summed E-state index contributed by atoms with van der Waals surface area (Å²) in [7, 11) is 1.68. The molecule has 28 heavy (non-hydrogen) atoms. The molecule has 0 unspecified atom stereocenters. The number of rotatable bonds is 4. The Hall–Kier alpha value is -3.06. The molecule has 0 N–H and O–H groups in total. The van der Waals surface area contributed by atoms with Crippen LogP contribution in [0.15, 0.2) is 53.9 Å². The molecule has 0 aliphatic heterocycles. The van der Waals surface area contributed by atoms with E-state index in [4.69, 9.17) is 9.72 Å². The maximum absolute atomic E-state index is 5.43. The first-order valence-corrected chi connectivity index (χ1v) is 10.0. The predicted octanol–water partition coefficient (Wildman–Crippen LogP) is 4.45. The third-order valence-corrected chi connectivity index (χ3v) is 5.91. The maximum Gasteiger partial charge on any atom is 0.196 e. The van der Waals surface area contributed by atoms with Crippen LogP contribution in [0.4, 0.5) is 0 Å². The van der Waals surface area contributed by atoms with E-state index in [9.17, 15) is 0 Å². The molecule has 0 radical (unpaired) electrons. The van der Waals surface area contributed by atoms with Gasteiger partial charge in [-0.15, -0.1) is 10.2 Å². The molecule has 4 aromatic heterocycles. The molecule has 7 heteroatoms. The van der Waals surface area contributed by atoms with Crippen LogP contribution in [0.2, 0.25) is 0 Å². The van der Waals surface area contributed by atoms with Crippen LogP contribution in [0.3, 0.4) is 0 Å². The van der Waals surface area contributed by atoms with Crippen molar-refractivity contribution in [2.24, 2.45) is 0 Å². The summed E-state index contributed by atoms with van der Waals surface area (Å²) < 4.78 is 9.59. The molecule has 0 aliphatic rings. The van der Waals surface area contributed by atoms with Crippen molar-refractivity contribution in [3.8, 4) is 5.75 Å². The van der Waals surface area contributed by atoms with E-state index in [-0.39, 0.29) is 0 Å². The number of aromatic nitrogens is 5. The lowest BCUT2D eigenvalue weighted by Crippen LogP contribution is -1.94. The quantitative estimate of drug-likeness (QED) is 0.425. The van der Waals surface area contributed by atoms with Crippen LogP contribution in [-0.2, 0) is 5.75 Å². The number of ether oxygens (including phenoxy) is 1. The fourth-order valence-corrected chi connectivity index (χ4v) is 4.37. The van der Waals surface area contributed by atoms with Crippen molar-refractivity contribution in [2.75, 3.05) is 7.11 Å². The summed E-state index contributed by atoms with van der Waals surface area (Å²) >= 11 is 1.64. The zero-order valence-electron chi connectivity index (χ0n) is 15.9. The van der Waals surface area contributed by atoms with Gasteiger partial charge in [-0.3, -0.25) is 4.40 Å². The fraction of sp³-hybridized carbons (Fsp3) is 0.190. The van der Waals surface area contributed by atoms with E-state index in [1.807, 2.05) is 24.4 Å². The van der Waals surface area contributed by atoms with E-state index in [1.54, 1.807) is 18.9 Å². The third-order valence-electron chi connectivity index (χ3n) is 4.95. The number of hydrogen-bond donors (Lipinski definition) is 0. The van der Waals surface area contributed by atoms with Crippen LogP contribution in [0.25, 0.3) is 22.2 Å². The minimum absolute atomic E-state index is 0.723. The van der Waals surface area contributed by atoms with Crippen LogP contribution >= 0.6 is 11.8 Å². The van der Waals surface area contributed by atoms with Crippen molar-refractivity contribution >= 4 is 34.0 Å². The lowest BCUT2D eigenvalue weighted by molar-refractivity contribution is 0.415. The van der Waals surface area contributed by atoms with E-state index in [1.165, 1.54) is 16.5 Å². The highest BCUT2D eigenvalue weighted by atomic mass is 32.2. The highest BCUT2D eigenvalue weighted by Gasteiger charge is 2.13. The number of aryl methyl sites for hydroxylation is 2. The minimum atomic E-state index is 0.723. The van der Waals surface area contributed by atoms with Gasteiger partial charge in [0, 0.05) is 29.6 Å². The van der Waals surface area contributed by atoms with Gasteiger partial charge in [0.1, 0.15) is 11.4 Å². The molecule has 140 valence electrons. The number of pyridine rings is 2. The Morgan fingerprint density at radius 1 is 1.07 bits per heavy atom. The Labute approximate surface area is 166 Å². The van der Waals surface area contributed by atoms with Crippen molar-refractivity contribution in [2.45, 2.75) is 24.8 Å². The zero-order valence-corrected chi connectivity index (χ0v) is 16.7. The second-order valence-corrected chi connectivity index (χ2v) is 7.77. The first-order chi connectivity index (χ1) is 13.6. The van der Waals surface area contributed by atoms with Gasteiger partial charge in [-0.05, 0) is 49.2 Å². The Balaban J connectivity index is 1.56. The van der Waals surface area contributed by atoms with Gasteiger partial charge in [-0.1, -0.05) is 17.8 Å². The van der Waals surface area contributed by atoms with Crippen molar-refractivity contribution < 1.29 is 4.74 Å². The molecule has 0 atom stereocenters. The average molecular weight is 389 g/mol. The molecular formula is C21H19N5OS. The monoisotopic (exact) mass is 389 g/mol. The lowest BCUT2D eigenvalue weighted by atomic mass is 10.1. The zero-order chi connectivity index (χ0) is 19.3. The average Bonchev–Trinajstić information content (AvgIpc) is 3.30. The first kappa shape index (κ1) is 17.1. The predicted molar refractivity (Wildman–Crippen MR) is 111 cm³/mol. The summed E-state index contributed by atoms with van der Waals surface area (Å²) in [6, 6.07) is 12.3. The SMILES string of the molecule is COc1ccc2c(C)cc3nnc(SCc4cn5cccc(C)c5n4)n3c2c1. The van der Waals surface area contributed by atoms with Gasteiger partial charge in [0.05, 0.1) is 18.3 Å². The number of imidazole rings is 1. The summed E-state index contributed by atoms with van der Waals surface area (Å²) in [6.07, 6.45) is 4.10. The molecular weight excluding hydrogens is 370 g/mol. The van der Waals surface area contributed by atoms with E-state index >= 15 is 0 Å². The molecule has 0 fully saturated rings. The molecule has 5 aromatic rings.